The van der Waals surface area contributed by atoms with Gasteiger partial charge in [-0.1, -0.05) is 37.3 Å². The molecular weight excluding hydrogens is 218 g/mol. The molecule has 3 atom stereocenters. The fraction of sp³-hybridized carbons (Fsp3) is 0.571. The highest BCUT2D eigenvalue weighted by Gasteiger charge is 2.27. The zero-order valence-corrected chi connectivity index (χ0v) is 10.8. The quantitative estimate of drug-likeness (QED) is 0.709. The molecule has 0 bridgehead atoms. The van der Waals surface area contributed by atoms with Crippen molar-refractivity contribution in [1.82, 2.24) is 4.90 Å². The van der Waals surface area contributed by atoms with Gasteiger partial charge in [0.05, 0.1) is 0 Å². The molecule has 2 rings (SSSR count). The van der Waals surface area contributed by atoms with E-state index in [0.29, 0.717) is 17.3 Å². The standard InChI is InChI=1S/C14H20ClN/c1-11-10-16(9-8-14(11)15)12(2)13-6-4-3-5-7-13/h3-7,11-12,14H,8-10H2,1-2H3/t11-,12?,14-/m0/s1. The lowest BCUT2D eigenvalue weighted by Gasteiger charge is -2.38. The van der Waals surface area contributed by atoms with Crippen molar-refractivity contribution in [2.75, 3.05) is 13.1 Å². The van der Waals surface area contributed by atoms with Crippen LogP contribution in [0, 0.1) is 5.92 Å². The maximum atomic E-state index is 6.26. The van der Waals surface area contributed by atoms with E-state index in [-0.39, 0.29) is 0 Å². The first-order valence-corrected chi connectivity index (χ1v) is 6.55. The highest BCUT2D eigenvalue weighted by molar-refractivity contribution is 6.20. The number of piperidine rings is 1. The minimum atomic E-state index is 0.360. The van der Waals surface area contributed by atoms with Crippen LogP contribution in [0.3, 0.4) is 0 Å². The van der Waals surface area contributed by atoms with Crippen molar-refractivity contribution in [3.8, 4) is 0 Å². The second kappa shape index (κ2) is 5.20. The molecule has 1 fully saturated rings. The Morgan fingerprint density at radius 2 is 2.00 bits per heavy atom. The van der Waals surface area contributed by atoms with Crippen LogP contribution in [0.1, 0.15) is 31.9 Å². The summed E-state index contributed by atoms with van der Waals surface area (Å²) in [5.74, 6) is 0.599. The minimum absolute atomic E-state index is 0.360. The second-order valence-electron chi connectivity index (χ2n) is 4.86. The minimum Gasteiger partial charge on any atom is -0.296 e. The first-order valence-electron chi connectivity index (χ1n) is 6.11. The number of hydrogen-bond acceptors (Lipinski definition) is 1. The van der Waals surface area contributed by atoms with E-state index in [2.05, 4.69) is 49.1 Å². The molecule has 0 aromatic heterocycles. The van der Waals surface area contributed by atoms with Gasteiger partial charge in [0.15, 0.2) is 0 Å². The largest absolute Gasteiger partial charge is 0.296 e. The number of rotatable bonds is 2. The van der Waals surface area contributed by atoms with Gasteiger partial charge >= 0.3 is 0 Å². The Hall–Kier alpha value is -0.530. The van der Waals surface area contributed by atoms with Crippen molar-refractivity contribution in [3.63, 3.8) is 0 Å². The lowest BCUT2D eigenvalue weighted by molar-refractivity contribution is 0.141. The van der Waals surface area contributed by atoms with Crippen LogP contribution in [0.5, 0.6) is 0 Å². The van der Waals surface area contributed by atoms with E-state index >= 15 is 0 Å². The van der Waals surface area contributed by atoms with E-state index in [1.807, 2.05) is 0 Å². The van der Waals surface area contributed by atoms with E-state index in [4.69, 9.17) is 11.6 Å². The molecule has 0 N–H and O–H groups in total. The highest BCUT2D eigenvalue weighted by atomic mass is 35.5. The zero-order valence-electron chi connectivity index (χ0n) is 10.1. The summed E-state index contributed by atoms with van der Waals surface area (Å²) in [6.45, 7) is 6.77. The topological polar surface area (TPSA) is 3.24 Å². The molecule has 16 heavy (non-hydrogen) atoms. The van der Waals surface area contributed by atoms with Crippen LogP contribution in [0.4, 0.5) is 0 Å². The highest BCUT2D eigenvalue weighted by Crippen LogP contribution is 2.28. The van der Waals surface area contributed by atoms with Crippen molar-refractivity contribution in [2.45, 2.75) is 31.7 Å². The fourth-order valence-electron chi connectivity index (χ4n) is 2.44. The third kappa shape index (κ3) is 2.58. The molecule has 1 aliphatic heterocycles. The first kappa shape index (κ1) is 11.9. The number of benzene rings is 1. The van der Waals surface area contributed by atoms with Crippen molar-refractivity contribution in [2.24, 2.45) is 5.92 Å². The molecule has 0 spiro atoms. The average molecular weight is 238 g/mol. The molecule has 1 aromatic rings. The van der Waals surface area contributed by atoms with E-state index < -0.39 is 0 Å². The van der Waals surface area contributed by atoms with Crippen LogP contribution in [0.25, 0.3) is 0 Å². The van der Waals surface area contributed by atoms with Crippen LogP contribution in [-0.2, 0) is 0 Å². The monoisotopic (exact) mass is 237 g/mol. The lowest BCUT2D eigenvalue weighted by atomic mass is 9.96. The number of likely N-dealkylation sites (tertiary alicyclic amines) is 1. The number of nitrogens with zero attached hydrogens (tertiary/aromatic N) is 1. The molecular formula is C14H20ClN. The first-order chi connectivity index (χ1) is 7.68. The summed E-state index contributed by atoms with van der Waals surface area (Å²) in [5, 5.41) is 0.360. The van der Waals surface area contributed by atoms with Gasteiger partial charge in [-0.25, -0.2) is 0 Å². The molecule has 0 amide bonds. The van der Waals surface area contributed by atoms with Gasteiger partial charge in [0, 0.05) is 24.5 Å². The van der Waals surface area contributed by atoms with Crippen LogP contribution in [0.15, 0.2) is 30.3 Å². The Kier molecular flexibility index (Phi) is 3.88. The van der Waals surface area contributed by atoms with Gasteiger partial charge in [0.25, 0.3) is 0 Å². The van der Waals surface area contributed by atoms with Crippen LogP contribution >= 0.6 is 11.6 Å². The number of hydrogen-bond donors (Lipinski definition) is 0. The smallest absolute Gasteiger partial charge is 0.0386 e. The van der Waals surface area contributed by atoms with Crippen molar-refractivity contribution in [3.05, 3.63) is 35.9 Å². The average Bonchev–Trinajstić information content (AvgIpc) is 2.33. The lowest BCUT2D eigenvalue weighted by Crippen LogP contribution is -2.41. The predicted octanol–water partition coefficient (Wildman–Crippen LogP) is 3.70. The summed E-state index contributed by atoms with van der Waals surface area (Å²) in [5.41, 5.74) is 1.41. The molecule has 0 radical (unpaired) electrons. The van der Waals surface area contributed by atoms with E-state index in [0.717, 1.165) is 19.5 Å². The van der Waals surface area contributed by atoms with E-state index in [1.165, 1.54) is 5.56 Å². The fourth-order valence-corrected chi connectivity index (χ4v) is 2.62. The van der Waals surface area contributed by atoms with Crippen molar-refractivity contribution < 1.29 is 0 Å². The molecule has 1 saturated heterocycles. The summed E-state index contributed by atoms with van der Waals surface area (Å²) in [6.07, 6.45) is 1.11. The van der Waals surface area contributed by atoms with Gasteiger partial charge in [-0.15, -0.1) is 11.6 Å². The maximum Gasteiger partial charge on any atom is 0.0386 e. The number of halogens is 1. The molecule has 88 valence electrons. The summed E-state index contributed by atoms with van der Waals surface area (Å²) >= 11 is 6.26. The van der Waals surface area contributed by atoms with Crippen LogP contribution in [0.2, 0.25) is 0 Å². The summed E-state index contributed by atoms with van der Waals surface area (Å²) in [6, 6.07) is 11.2. The Balaban J connectivity index is 2.03. The van der Waals surface area contributed by atoms with Gasteiger partial charge < -0.3 is 0 Å². The maximum absolute atomic E-state index is 6.26. The van der Waals surface area contributed by atoms with Gasteiger partial charge in [0.1, 0.15) is 0 Å². The predicted molar refractivity (Wildman–Crippen MR) is 69.9 cm³/mol. The Morgan fingerprint density at radius 1 is 1.31 bits per heavy atom. The zero-order chi connectivity index (χ0) is 11.5. The molecule has 0 saturated carbocycles. The Labute approximate surface area is 103 Å². The van der Waals surface area contributed by atoms with Crippen molar-refractivity contribution in [1.29, 1.82) is 0 Å². The summed E-state index contributed by atoms with van der Waals surface area (Å²) in [4.78, 5) is 2.54. The molecule has 1 heterocycles. The Morgan fingerprint density at radius 3 is 2.62 bits per heavy atom. The molecule has 1 unspecified atom stereocenters. The molecule has 1 aromatic carbocycles. The number of alkyl halides is 1. The van der Waals surface area contributed by atoms with E-state index in [1.54, 1.807) is 0 Å². The van der Waals surface area contributed by atoms with Gasteiger partial charge in [-0.3, -0.25) is 4.90 Å². The second-order valence-corrected chi connectivity index (χ2v) is 5.42. The third-order valence-corrected chi connectivity index (χ3v) is 4.31. The molecule has 1 aliphatic rings. The molecule has 2 heteroatoms. The van der Waals surface area contributed by atoms with Gasteiger partial charge in [-0.05, 0) is 24.8 Å². The van der Waals surface area contributed by atoms with Gasteiger partial charge in [0.2, 0.25) is 0 Å². The molecule has 1 nitrogen and oxygen atoms in total. The normalized spacial score (nSPS) is 28.9. The van der Waals surface area contributed by atoms with Crippen LogP contribution in [-0.4, -0.2) is 23.4 Å². The summed E-state index contributed by atoms with van der Waals surface area (Å²) < 4.78 is 0. The summed E-state index contributed by atoms with van der Waals surface area (Å²) in [7, 11) is 0. The third-order valence-electron chi connectivity index (χ3n) is 3.66. The SMILES string of the molecule is CC(c1ccccc1)N1CC[C@H](Cl)[C@@H](C)C1. The van der Waals surface area contributed by atoms with Crippen molar-refractivity contribution >= 4 is 11.6 Å². The van der Waals surface area contributed by atoms with Gasteiger partial charge in [-0.2, -0.15) is 0 Å². The van der Waals surface area contributed by atoms with E-state index in [9.17, 15) is 0 Å². The van der Waals surface area contributed by atoms with Crippen LogP contribution < -0.4 is 0 Å². The Bertz CT molecular complexity index is 325. The molecule has 0 aliphatic carbocycles.